The molecule has 0 saturated heterocycles. The quantitative estimate of drug-likeness (QED) is 0.412. The van der Waals surface area contributed by atoms with E-state index >= 15 is 0 Å². The molecule has 0 aromatic rings. The lowest BCUT2D eigenvalue weighted by atomic mass is 13.9. The van der Waals surface area contributed by atoms with Crippen LogP contribution < -0.4 is 0 Å². The molecule has 0 saturated carbocycles. The van der Waals surface area contributed by atoms with Gasteiger partial charge in [-0.25, -0.2) is 0 Å². The van der Waals surface area contributed by atoms with Gasteiger partial charge in [0.2, 0.25) is 0 Å². The molecule has 0 aliphatic rings. The first-order valence-electron chi connectivity index (χ1n) is 2.99. The fourth-order valence-electron chi connectivity index (χ4n) is 0.514. The monoisotopic (exact) mass is 431 g/mol. The van der Waals surface area contributed by atoms with Crippen LogP contribution in [0.1, 0.15) is 0 Å². The standard InChI is InChI=1S/H13NP12S/c2-8-12(7)9(1-14)13(10(3)4)11(5)6/h8H,2-7H2. The fourth-order valence-corrected chi connectivity index (χ4v) is 94.1. The minimum Gasteiger partial charge on any atom is -0.185 e. The molecule has 0 aromatic heterocycles. The molecule has 0 rings (SSSR count). The minimum absolute atomic E-state index is 0.0104. The predicted octanol–water partition coefficient (Wildman–Crippen LogP) is 7.04. The highest BCUT2D eigenvalue weighted by Gasteiger charge is 2.31. The number of hydrogen-bond acceptors (Lipinski definition) is 2. The second kappa shape index (κ2) is 10.9. The predicted molar refractivity (Wildman–Crippen MR) is 111 cm³/mol. The Morgan fingerprint density at radius 2 is 1.43 bits per heavy atom. The van der Waals surface area contributed by atoms with Gasteiger partial charge in [-0.05, 0) is 21.0 Å². The summed E-state index contributed by atoms with van der Waals surface area (Å²) in [7, 11) is 18.3. The van der Waals surface area contributed by atoms with Crippen LogP contribution in [-0.2, 0) is 12.4 Å². The summed E-state index contributed by atoms with van der Waals surface area (Å²) in [5, 5.41) is 0. The van der Waals surface area contributed by atoms with Crippen LogP contribution in [0.15, 0.2) is 4.13 Å². The van der Waals surface area contributed by atoms with Crippen molar-refractivity contribution in [1.82, 2.24) is 0 Å². The fraction of sp³-hybridized carbons (Fsp3) is 0. The van der Waals surface area contributed by atoms with Crippen molar-refractivity contribution in [1.29, 1.82) is 0 Å². The largest absolute Gasteiger partial charge is 0.185 e. The van der Waals surface area contributed by atoms with Crippen molar-refractivity contribution in [2.75, 3.05) is 0 Å². The average Bonchev–Trinajstić information content (AvgIpc) is 2.11. The molecule has 14 heavy (non-hydrogen) atoms. The van der Waals surface area contributed by atoms with Gasteiger partial charge in [-0.15, -0.1) is 44.6 Å². The van der Waals surface area contributed by atoms with E-state index < -0.39 is 0 Å². The highest BCUT2D eigenvalue weighted by Crippen LogP contribution is 3.15. The molecule has 0 fully saturated rings. The normalized spacial score (nSPS) is 17.2. The summed E-state index contributed by atoms with van der Waals surface area (Å²) >= 11 is 4.98. The second-order valence-corrected chi connectivity index (χ2v) is 45.3. The maximum absolute atomic E-state index is 4.98. The molecule has 1 nitrogen and oxygen atoms in total. The van der Waals surface area contributed by atoms with Gasteiger partial charge in [0.1, 0.15) is 0 Å². The van der Waals surface area contributed by atoms with Crippen LogP contribution in [0.25, 0.3) is 0 Å². The Morgan fingerprint density at radius 3 is 1.64 bits per heavy atom. The third kappa shape index (κ3) is 7.09. The molecular weight excluding hydrogens is 418 g/mol. The summed E-state index contributed by atoms with van der Waals surface area (Å²) in [6, 6.07) is 0. The van der Waals surface area contributed by atoms with Crippen molar-refractivity contribution in [2.24, 2.45) is 4.13 Å². The molecule has 0 aliphatic heterocycles. The lowest BCUT2D eigenvalue weighted by Crippen LogP contribution is -1.51. The molecule has 9 unspecified atom stereocenters. The summed E-state index contributed by atoms with van der Waals surface area (Å²) in [6.45, 7) is -0.117. The van der Waals surface area contributed by atoms with Crippen molar-refractivity contribution in [3.8, 4) is 0 Å². The topological polar surface area (TPSA) is 12.4 Å². The van der Waals surface area contributed by atoms with E-state index in [-0.39, 0.29) is 35.4 Å². The van der Waals surface area contributed by atoms with Gasteiger partial charge in [-0.1, -0.05) is 16.9 Å². The zero-order valence-electron chi connectivity index (χ0n) is 7.06. The molecule has 0 radical (unpaired) electrons. The van der Waals surface area contributed by atoms with E-state index in [9.17, 15) is 0 Å². The van der Waals surface area contributed by atoms with Crippen molar-refractivity contribution in [3.05, 3.63) is 0 Å². The van der Waals surface area contributed by atoms with Crippen molar-refractivity contribution in [2.45, 2.75) is 0 Å². The minimum atomic E-state index is -0.264. The number of nitrogens with zero attached hydrogens (tertiary/aromatic N) is 1. The van der Waals surface area contributed by atoms with E-state index in [1.165, 1.54) is 0 Å². The van der Waals surface area contributed by atoms with E-state index in [1.54, 1.807) is 0 Å². The first-order chi connectivity index (χ1) is 6.45. The Labute approximate surface area is 113 Å². The van der Waals surface area contributed by atoms with E-state index in [0.717, 1.165) is 7.96 Å². The van der Waals surface area contributed by atoms with E-state index in [2.05, 4.69) is 57.7 Å². The molecular formula is H13NP12S. The Bertz CT molecular complexity index is 158. The molecule has 0 N–H and O–H groups in total. The summed E-state index contributed by atoms with van der Waals surface area (Å²) in [6.07, 6.45) is 0. The van der Waals surface area contributed by atoms with Crippen LogP contribution in [0.3, 0.4) is 0 Å². The van der Waals surface area contributed by atoms with Crippen LogP contribution >= 0.6 is 96.9 Å². The summed E-state index contributed by atoms with van der Waals surface area (Å²) in [5.41, 5.74) is 0. The molecule has 9 atom stereocenters. The van der Waals surface area contributed by atoms with E-state index in [4.69, 9.17) is 12.4 Å². The molecule has 0 heterocycles. The SMILES string of the molecule is PPP(P)P(N=S)P(P(P)P)P(P)P. The maximum Gasteiger partial charge on any atom is 0.0971 e. The third-order valence-corrected chi connectivity index (χ3v) is 65.2. The van der Waals surface area contributed by atoms with Crippen molar-refractivity contribution < 1.29 is 0 Å². The third-order valence-electron chi connectivity index (χ3n) is 0.971. The smallest absolute Gasteiger partial charge is 0.0971 e. The van der Waals surface area contributed by atoms with Crippen LogP contribution in [0, 0.1) is 0 Å². The highest BCUT2D eigenvalue weighted by atomic mass is 33.2. The average molecular weight is 431 g/mol. The number of rotatable bonds is 6. The zero-order valence-corrected chi connectivity index (χ0v) is 20.3. The van der Waals surface area contributed by atoms with Gasteiger partial charge in [0.15, 0.2) is 0 Å². The van der Waals surface area contributed by atoms with Crippen LogP contribution in [0.2, 0.25) is 0 Å². The van der Waals surface area contributed by atoms with Gasteiger partial charge in [-0.2, -0.15) is 4.13 Å². The van der Waals surface area contributed by atoms with Gasteiger partial charge < -0.3 is 0 Å². The molecule has 0 spiro atoms. The van der Waals surface area contributed by atoms with Crippen molar-refractivity contribution in [3.63, 3.8) is 0 Å². The summed E-state index contributed by atoms with van der Waals surface area (Å²) in [5.74, 6) is 0. The first-order valence-corrected chi connectivity index (χ1v) is 24.6. The zero-order chi connectivity index (χ0) is 11.3. The van der Waals surface area contributed by atoms with Gasteiger partial charge >= 0.3 is 0 Å². The summed E-state index contributed by atoms with van der Waals surface area (Å²) < 4.78 is 4.26. The van der Waals surface area contributed by atoms with Crippen LogP contribution in [0.5, 0.6) is 0 Å². The Morgan fingerprint density at radius 1 is 1.00 bits per heavy atom. The van der Waals surface area contributed by atoms with E-state index in [0.29, 0.717) is 0 Å². The Balaban J connectivity index is 4.66. The molecule has 0 aliphatic carbocycles. The molecule has 0 amide bonds. The Kier molecular flexibility index (Phi) is 14.9. The van der Waals surface area contributed by atoms with Gasteiger partial charge in [0, 0.05) is 19.4 Å². The lowest BCUT2D eigenvalue weighted by molar-refractivity contribution is 2.10. The van der Waals surface area contributed by atoms with E-state index in [1.807, 2.05) is 0 Å². The molecule has 0 aromatic carbocycles. The van der Waals surface area contributed by atoms with Crippen LogP contribution in [-0.4, -0.2) is 0 Å². The molecule has 84 valence electrons. The van der Waals surface area contributed by atoms with Gasteiger partial charge in [0.05, 0.1) is 7.45 Å². The maximum atomic E-state index is 4.98. The second-order valence-electron chi connectivity index (χ2n) is 1.85. The molecule has 14 heteroatoms. The molecule has 0 bridgehead atoms. The lowest BCUT2D eigenvalue weighted by Gasteiger charge is -2.32. The van der Waals surface area contributed by atoms with Crippen molar-refractivity contribution >= 4 is 109 Å². The first kappa shape index (κ1) is 19.2. The highest BCUT2D eigenvalue weighted by molar-refractivity contribution is 9.17. The number of hydrogen-bond donors (Lipinski definition) is 0. The van der Waals surface area contributed by atoms with Gasteiger partial charge in [-0.3, -0.25) is 0 Å². The van der Waals surface area contributed by atoms with Gasteiger partial charge in [0.25, 0.3) is 0 Å². The summed E-state index contributed by atoms with van der Waals surface area (Å²) in [4.78, 5) is 0. The van der Waals surface area contributed by atoms with Crippen LogP contribution in [0.4, 0.5) is 0 Å². The Hall–Kier alpha value is 5.18.